The van der Waals surface area contributed by atoms with Gasteiger partial charge in [-0.3, -0.25) is 14.7 Å². The van der Waals surface area contributed by atoms with Gasteiger partial charge in [0, 0.05) is 18.4 Å². The van der Waals surface area contributed by atoms with Crippen molar-refractivity contribution < 1.29 is 9.59 Å². The summed E-state index contributed by atoms with van der Waals surface area (Å²) >= 11 is 0. The van der Waals surface area contributed by atoms with Gasteiger partial charge in [-0.05, 0) is 37.7 Å². The first kappa shape index (κ1) is 14.1. The van der Waals surface area contributed by atoms with Crippen molar-refractivity contribution in [2.24, 2.45) is 11.7 Å². The molecule has 0 aliphatic heterocycles. The number of nitrogens with zero attached hydrogens (tertiary/aromatic N) is 1. The van der Waals surface area contributed by atoms with Crippen molar-refractivity contribution in [3.8, 4) is 0 Å². The highest BCUT2D eigenvalue weighted by molar-refractivity contribution is 5.90. The molecule has 1 heterocycles. The van der Waals surface area contributed by atoms with Gasteiger partial charge in [0.15, 0.2) is 0 Å². The minimum atomic E-state index is -0.491. The summed E-state index contributed by atoms with van der Waals surface area (Å²) in [6.07, 6.45) is 7.39. The molecule has 114 valence electrons. The van der Waals surface area contributed by atoms with E-state index in [0.29, 0.717) is 24.0 Å². The van der Waals surface area contributed by atoms with E-state index < -0.39 is 5.91 Å². The summed E-state index contributed by atoms with van der Waals surface area (Å²) in [5.74, 6) is 0.594. The van der Waals surface area contributed by atoms with Crippen LogP contribution in [0.3, 0.4) is 0 Å². The Morgan fingerprint density at radius 3 is 2.67 bits per heavy atom. The van der Waals surface area contributed by atoms with Gasteiger partial charge in [0.2, 0.25) is 5.91 Å². The number of H-pyrrole nitrogens is 1. The predicted octanol–water partition coefficient (Wildman–Crippen LogP) is 1.45. The maximum absolute atomic E-state index is 11.9. The topological polar surface area (TPSA) is 101 Å². The average molecular weight is 290 g/mol. The summed E-state index contributed by atoms with van der Waals surface area (Å²) in [6.45, 7) is 0. The maximum atomic E-state index is 11.9. The largest absolute Gasteiger partial charge is 0.364 e. The van der Waals surface area contributed by atoms with Crippen molar-refractivity contribution >= 4 is 11.8 Å². The molecule has 2 aliphatic rings. The van der Waals surface area contributed by atoms with Gasteiger partial charge >= 0.3 is 0 Å². The lowest BCUT2D eigenvalue weighted by Crippen LogP contribution is -2.43. The van der Waals surface area contributed by atoms with E-state index in [-0.39, 0.29) is 11.9 Å². The Labute approximate surface area is 123 Å². The standard InChI is InChI=1S/C15H22N4O2/c16-15(21)13-8-12(18-19-13)10-6-11(7-10)17-14(20)5-9-3-1-2-4-9/h8-11H,1-7H2,(H2,16,21)(H,17,20)(H,18,19)/t10-,11+. The van der Waals surface area contributed by atoms with Gasteiger partial charge in [-0.25, -0.2) is 0 Å². The fraction of sp³-hybridized carbons (Fsp3) is 0.667. The van der Waals surface area contributed by atoms with E-state index in [2.05, 4.69) is 15.5 Å². The number of hydrogen-bond donors (Lipinski definition) is 3. The Balaban J connectivity index is 1.42. The number of carbonyl (C=O) groups excluding carboxylic acids is 2. The van der Waals surface area contributed by atoms with E-state index >= 15 is 0 Å². The molecule has 2 fully saturated rings. The van der Waals surface area contributed by atoms with Crippen molar-refractivity contribution in [3.05, 3.63) is 17.5 Å². The van der Waals surface area contributed by atoms with Crippen LogP contribution in [-0.4, -0.2) is 28.1 Å². The van der Waals surface area contributed by atoms with E-state index in [1.54, 1.807) is 6.07 Å². The van der Waals surface area contributed by atoms with Gasteiger partial charge in [0.25, 0.3) is 5.91 Å². The molecule has 0 saturated heterocycles. The average Bonchev–Trinajstić information content (AvgIpc) is 3.03. The van der Waals surface area contributed by atoms with Crippen LogP contribution < -0.4 is 11.1 Å². The molecule has 2 amide bonds. The first-order chi connectivity index (χ1) is 10.1. The second-order valence-electron chi connectivity index (χ2n) is 6.36. The monoisotopic (exact) mass is 290 g/mol. The quantitative estimate of drug-likeness (QED) is 0.765. The normalized spacial score (nSPS) is 25.5. The number of primary amides is 1. The van der Waals surface area contributed by atoms with Crippen LogP contribution in [0.15, 0.2) is 6.07 Å². The van der Waals surface area contributed by atoms with Crippen LogP contribution in [0.5, 0.6) is 0 Å². The van der Waals surface area contributed by atoms with Crippen LogP contribution in [0, 0.1) is 5.92 Å². The van der Waals surface area contributed by atoms with Gasteiger partial charge < -0.3 is 11.1 Å². The lowest BCUT2D eigenvalue weighted by atomic mass is 9.78. The van der Waals surface area contributed by atoms with Gasteiger partial charge in [0.05, 0.1) is 5.69 Å². The zero-order valence-corrected chi connectivity index (χ0v) is 12.1. The molecule has 6 nitrogen and oxygen atoms in total. The molecular formula is C15H22N4O2. The molecule has 0 unspecified atom stereocenters. The molecule has 0 radical (unpaired) electrons. The highest BCUT2D eigenvalue weighted by Crippen LogP contribution is 2.36. The van der Waals surface area contributed by atoms with Gasteiger partial charge in [0.1, 0.15) is 5.69 Å². The van der Waals surface area contributed by atoms with E-state index in [9.17, 15) is 9.59 Å². The van der Waals surface area contributed by atoms with Gasteiger partial charge in [-0.2, -0.15) is 5.10 Å². The Hall–Kier alpha value is -1.85. The van der Waals surface area contributed by atoms with Gasteiger partial charge in [-0.1, -0.05) is 12.8 Å². The highest BCUT2D eigenvalue weighted by atomic mass is 16.2. The maximum Gasteiger partial charge on any atom is 0.266 e. The van der Waals surface area contributed by atoms with Crippen molar-refractivity contribution in [3.63, 3.8) is 0 Å². The fourth-order valence-corrected chi connectivity index (χ4v) is 3.41. The molecule has 2 saturated carbocycles. The highest BCUT2D eigenvalue weighted by Gasteiger charge is 2.33. The molecule has 0 spiro atoms. The Kier molecular flexibility index (Phi) is 3.94. The lowest BCUT2D eigenvalue weighted by Gasteiger charge is -2.35. The van der Waals surface area contributed by atoms with E-state index in [0.717, 1.165) is 18.5 Å². The Morgan fingerprint density at radius 1 is 1.33 bits per heavy atom. The molecule has 2 aliphatic carbocycles. The fourth-order valence-electron chi connectivity index (χ4n) is 3.41. The van der Waals surface area contributed by atoms with E-state index in [1.165, 1.54) is 25.7 Å². The molecule has 0 bridgehead atoms. The van der Waals surface area contributed by atoms with E-state index in [1.807, 2.05) is 0 Å². The van der Waals surface area contributed by atoms with Crippen LogP contribution in [0.25, 0.3) is 0 Å². The second-order valence-corrected chi connectivity index (χ2v) is 6.36. The molecule has 0 aromatic carbocycles. The summed E-state index contributed by atoms with van der Waals surface area (Å²) < 4.78 is 0. The number of hydrogen-bond acceptors (Lipinski definition) is 3. The molecule has 1 aromatic heterocycles. The SMILES string of the molecule is NC(=O)c1cc([C@H]2C[C@@H](NC(=O)CC3CCCC3)C2)n[nH]1. The predicted molar refractivity (Wildman–Crippen MR) is 77.6 cm³/mol. The van der Waals surface area contributed by atoms with Gasteiger partial charge in [-0.15, -0.1) is 0 Å². The minimum absolute atomic E-state index is 0.185. The van der Waals surface area contributed by atoms with Crippen molar-refractivity contribution in [2.45, 2.75) is 56.9 Å². The molecular weight excluding hydrogens is 268 g/mol. The molecule has 3 rings (SSSR count). The lowest BCUT2D eigenvalue weighted by molar-refractivity contribution is -0.123. The van der Waals surface area contributed by atoms with Crippen LogP contribution in [0.2, 0.25) is 0 Å². The molecule has 21 heavy (non-hydrogen) atoms. The van der Waals surface area contributed by atoms with Crippen LogP contribution in [0.4, 0.5) is 0 Å². The van der Waals surface area contributed by atoms with Crippen LogP contribution in [-0.2, 0) is 4.79 Å². The number of carbonyl (C=O) groups is 2. The van der Waals surface area contributed by atoms with Crippen molar-refractivity contribution in [2.75, 3.05) is 0 Å². The summed E-state index contributed by atoms with van der Waals surface area (Å²) in [6, 6.07) is 1.96. The van der Waals surface area contributed by atoms with Crippen LogP contribution in [0.1, 0.15) is 67.0 Å². The summed E-state index contributed by atoms with van der Waals surface area (Å²) in [5.41, 5.74) is 6.40. The summed E-state index contributed by atoms with van der Waals surface area (Å²) in [4.78, 5) is 23.0. The number of aromatic amines is 1. The smallest absolute Gasteiger partial charge is 0.266 e. The third-order valence-electron chi connectivity index (χ3n) is 4.73. The number of nitrogens with one attached hydrogen (secondary N) is 2. The Morgan fingerprint density at radius 2 is 2.05 bits per heavy atom. The number of nitrogens with two attached hydrogens (primary N) is 1. The molecule has 0 atom stereocenters. The second kappa shape index (κ2) is 5.87. The summed E-state index contributed by atoms with van der Waals surface area (Å²) in [5, 5.41) is 9.87. The number of aromatic nitrogens is 2. The van der Waals surface area contributed by atoms with Crippen LogP contribution >= 0.6 is 0 Å². The number of amides is 2. The Bertz CT molecular complexity index is 528. The van der Waals surface area contributed by atoms with E-state index in [4.69, 9.17) is 5.73 Å². The first-order valence-corrected chi connectivity index (χ1v) is 7.76. The zero-order valence-electron chi connectivity index (χ0n) is 12.1. The molecule has 1 aromatic rings. The summed E-state index contributed by atoms with van der Waals surface area (Å²) in [7, 11) is 0. The van der Waals surface area contributed by atoms with Crippen molar-refractivity contribution in [1.29, 1.82) is 0 Å². The third kappa shape index (κ3) is 3.25. The minimum Gasteiger partial charge on any atom is -0.364 e. The first-order valence-electron chi connectivity index (χ1n) is 7.76. The third-order valence-corrected chi connectivity index (χ3v) is 4.73. The molecule has 4 N–H and O–H groups in total. The zero-order chi connectivity index (χ0) is 14.8. The molecule has 6 heteroatoms. The number of rotatable bonds is 5. The van der Waals surface area contributed by atoms with Crippen molar-refractivity contribution in [1.82, 2.24) is 15.5 Å².